The summed E-state index contributed by atoms with van der Waals surface area (Å²) in [6, 6.07) is 0.466. The summed E-state index contributed by atoms with van der Waals surface area (Å²) < 4.78 is 0. The van der Waals surface area contributed by atoms with E-state index in [-0.39, 0.29) is 0 Å². The zero-order chi connectivity index (χ0) is 13.0. The third kappa shape index (κ3) is 1.70. The highest BCUT2D eigenvalue weighted by Gasteiger charge is 2.61. The van der Waals surface area contributed by atoms with Crippen LogP contribution in [0.15, 0.2) is 0 Å². The Balaban J connectivity index is 1.65. The van der Waals surface area contributed by atoms with E-state index in [1.807, 2.05) is 0 Å². The number of rotatable bonds is 3. The third-order valence-corrected chi connectivity index (χ3v) is 6.58. The molecule has 2 N–H and O–H groups in total. The van der Waals surface area contributed by atoms with Crippen LogP contribution in [-0.4, -0.2) is 22.7 Å². The third-order valence-electron chi connectivity index (χ3n) is 6.58. The van der Waals surface area contributed by atoms with E-state index in [2.05, 4.69) is 5.32 Å². The molecule has 0 radical (unpaired) electrons. The van der Waals surface area contributed by atoms with E-state index in [9.17, 15) is 9.90 Å². The van der Waals surface area contributed by atoms with Gasteiger partial charge in [0, 0.05) is 6.04 Å². The van der Waals surface area contributed by atoms with Gasteiger partial charge in [-0.05, 0) is 68.6 Å². The van der Waals surface area contributed by atoms with Gasteiger partial charge >= 0.3 is 5.97 Å². The van der Waals surface area contributed by atoms with Gasteiger partial charge in [0.05, 0.1) is 0 Å². The van der Waals surface area contributed by atoms with Crippen molar-refractivity contribution < 1.29 is 9.90 Å². The molecule has 0 aromatic rings. The van der Waals surface area contributed by atoms with Gasteiger partial charge in [-0.25, -0.2) is 0 Å². The minimum absolute atomic E-state index is 0.404. The van der Waals surface area contributed by atoms with Gasteiger partial charge in [-0.3, -0.25) is 10.1 Å². The van der Waals surface area contributed by atoms with Gasteiger partial charge in [0.2, 0.25) is 0 Å². The van der Waals surface area contributed by atoms with E-state index >= 15 is 0 Å². The van der Waals surface area contributed by atoms with Crippen molar-refractivity contribution in [2.24, 2.45) is 23.7 Å². The first kappa shape index (κ1) is 12.2. The lowest BCUT2D eigenvalue weighted by Gasteiger charge is -2.60. The zero-order valence-corrected chi connectivity index (χ0v) is 11.6. The summed E-state index contributed by atoms with van der Waals surface area (Å²) in [6.07, 6.45) is 11.0. The monoisotopic (exact) mass is 263 g/mol. The molecular weight excluding hydrogens is 238 g/mol. The molecule has 0 heterocycles. The smallest absolute Gasteiger partial charge is 0.324 e. The first-order valence-electron chi connectivity index (χ1n) is 8.19. The van der Waals surface area contributed by atoms with Gasteiger partial charge in [0.25, 0.3) is 0 Å². The normalized spacial score (nSPS) is 48.8. The Bertz CT molecular complexity index is 358. The second-order valence-corrected chi connectivity index (χ2v) is 7.60. The first-order chi connectivity index (χ1) is 9.18. The molecule has 0 atom stereocenters. The number of aliphatic carboxylic acids is 1. The fourth-order valence-electron chi connectivity index (χ4n) is 5.98. The summed E-state index contributed by atoms with van der Waals surface area (Å²) in [4.78, 5) is 12.1. The topological polar surface area (TPSA) is 49.3 Å². The highest BCUT2D eigenvalue weighted by atomic mass is 16.4. The molecule has 4 bridgehead atoms. The molecule has 5 saturated carbocycles. The van der Waals surface area contributed by atoms with E-state index in [4.69, 9.17) is 0 Å². The van der Waals surface area contributed by atoms with Crippen LogP contribution in [0.1, 0.15) is 57.8 Å². The van der Waals surface area contributed by atoms with Gasteiger partial charge in [-0.1, -0.05) is 12.8 Å². The van der Waals surface area contributed by atoms with Gasteiger partial charge in [0.1, 0.15) is 5.54 Å². The molecule has 0 amide bonds. The SMILES string of the molecule is O=C(O)C1(NC2CCCC2)C2CC3CC(C2)CC1C3. The van der Waals surface area contributed by atoms with Crippen molar-refractivity contribution >= 4 is 5.97 Å². The van der Waals surface area contributed by atoms with E-state index in [1.165, 1.54) is 57.8 Å². The summed E-state index contributed by atoms with van der Waals surface area (Å²) in [5.74, 6) is 1.93. The zero-order valence-electron chi connectivity index (χ0n) is 11.6. The molecule has 0 aliphatic heterocycles. The van der Waals surface area contributed by atoms with Crippen LogP contribution in [0, 0.1) is 23.7 Å². The number of carboxylic acids is 1. The molecule has 5 aliphatic carbocycles. The number of nitrogens with one attached hydrogen (secondary N) is 1. The number of hydrogen-bond acceptors (Lipinski definition) is 2. The summed E-state index contributed by atoms with van der Waals surface area (Å²) >= 11 is 0. The summed E-state index contributed by atoms with van der Waals surface area (Å²) in [6.45, 7) is 0. The molecule has 3 heteroatoms. The molecule has 0 saturated heterocycles. The van der Waals surface area contributed by atoms with E-state index in [0.717, 1.165) is 11.8 Å². The first-order valence-corrected chi connectivity index (χ1v) is 8.19. The van der Waals surface area contributed by atoms with Crippen LogP contribution in [0.5, 0.6) is 0 Å². The fourth-order valence-corrected chi connectivity index (χ4v) is 5.98. The van der Waals surface area contributed by atoms with Gasteiger partial charge in [-0.15, -0.1) is 0 Å². The molecule has 0 aromatic heterocycles. The Hall–Kier alpha value is -0.570. The van der Waals surface area contributed by atoms with Crippen LogP contribution >= 0.6 is 0 Å². The van der Waals surface area contributed by atoms with Crippen LogP contribution in [0.25, 0.3) is 0 Å². The second kappa shape index (κ2) is 4.21. The summed E-state index contributed by atoms with van der Waals surface area (Å²) in [7, 11) is 0. The van der Waals surface area contributed by atoms with Crippen LogP contribution in [0.4, 0.5) is 0 Å². The highest BCUT2D eigenvalue weighted by Crippen LogP contribution is 2.58. The Labute approximate surface area is 115 Å². The van der Waals surface area contributed by atoms with Crippen molar-refractivity contribution in [3.63, 3.8) is 0 Å². The Morgan fingerprint density at radius 2 is 1.47 bits per heavy atom. The highest BCUT2D eigenvalue weighted by molar-refractivity contribution is 5.80. The molecule has 3 nitrogen and oxygen atoms in total. The molecule has 0 spiro atoms. The van der Waals surface area contributed by atoms with Crippen LogP contribution < -0.4 is 5.32 Å². The maximum absolute atomic E-state index is 12.1. The van der Waals surface area contributed by atoms with Gasteiger partial charge in [-0.2, -0.15) is 0 Å². The number of hydrogen-bond donors (Lipinski definition) is 2. The van der Waals surface area contributed by atoms with E-state index in [1.54, 1.807) is 0 Å². The lowest BCUT2D eigenvalue weighted by Crippen LogP contribution is -2.70. The molecular formula is C16H25NO2. The lowest BCUT2D eigenvalue weighted by molar-refractivity contribution is -0.165. The lowest BCUT2D eigenvalue weighted by atomic mass is 9.48. The predicted octanol–water partition coefficient (Wildman–Crippen LogP) is 2.80. The predicted molar refractivity (Wildman–Crippen MR) is 72.8 cm³/mol. The van der Waals surface area contributed by atoms with E-state index < -0.39 is 11.5 Å². The Morgan fingerprint density at radius 3 is 1.95 bits per heavy atom. The molecule has 5 aliphatic rings. The van der Waals surface area contributed by atoms with E-state index in [0.29, 0.717) is 17.9 Å². The van der Waals surface area contributed by atoms with Gasteiger partial charge in [0.15, 0.2) is 0 Å². The standard InChI is InChI=1S/C16H25NO2/c18-15(19)16(17-14-3-1-2-4-14)12-6-10-5-11(8-12)9-13(16)7-10/h10-14,17H,1-9H2,(H,18,19). The average Bonchev–Trinajstić information content (AvgIpc) is 2.85. The van der Waals surface area contributed by atoms with Crippen molar-refractivity contribution in [1.29, 1.82) is 0 Å². The minimum atomic E-state index is -0.567. The molecule has 106 valence electrons. The Kier molecular flexibility index (Phi) is 2.70. The number of carbonyl (C=O) groups is 1. The molecule has 19 heavy (non-hydrogen) atoms. The average molecular weight is 263 g/mol. The maximum atomic E-state index is 12.1. The van der Waals surface area contributed by atoms with Crippen LogP contribution in [-0.2, 0) is 4.79 Å². The van der Waals surface area contributed by atoms with Crippen LogP contribution in [0.3, 0.4) is 0 Å². The molecule has 0 unspecified atom stereocenters. The summed E-state index contributed by atoms with van der Waals surface area (Å²) in [5, 5.41) is 13.7. The molecule has 5 rings (SSSR count). The molecule has 0 aromatic carbocycles. The largest absolute Gasteiger partial charge is 0.480 e. The molecule has 5 fully saturated rings. The maximum Gasteiger partial charge on any atom is 0.324 e. The quantitative estimate of drug-likeness (QED) is 0.823. The second-order valence-electron chi connectivity index (χ2n) is 7.60. The Morgan fingerprint density at radius 1 is 0.947 bits per heavy atom. The van der Waals surface area contributed by atoms with Crippen molar-refractivity contribution in [2.45, 2.75) is 69.4 Å². The van der Waals surface area contributed by atoms with Gasteiger partial charge < -0.3 is 5.11 Å². The van der Waals surface area contributed by atoms with Crippen molar-refractivity contribution in [3.8, 4) is 0 Å². The van der Waals surface area contributed by atoms with Crippen molar-refractivity contribution in [2.75, 3.05) is 0 Å². The number of carboxylic acid groups (broad SMARTS) is 1. The summed E-state index contributed by atoms with van der Waals surface area (Å²) in [5.41, 5.74) is -0.567. The van der Waals surface area contributed by atoms with Crippen LogP contribution in [0.2, 0.25) is 0 Å². The minimum Gasteiger partial charge on any atom is -0.480 e. The van der Waals surface area contributed by atoms with Crippen molar-refractivity contribution in [3.05, 3.63) is 0 Å². The van der Waals surface area contributed by atoms with Crippen molar-refractivity contribution in [1.82, 2.24) is 5.32 Å². The fraction of sp³-hybridized carbons (Fsp3) is 0.938.